The SMILES string of the molecule is CCCNC(c1ccnnc1)C1CC(C)(C)OC1(C)C. The molecule has 1 N–H and O–H groups in total. The predicted molar refractivity (Wildman–Crippen MR) is 80.4 cm³/mol. The zero-order valence-electron chi connectivity index (χ0n) is 13.3. The highest BCUT2D eigenvalue weighted by Crippen LogP contribution is 2.47. The van der Waals surface area contributed by atoms with Crippen molar-refractivity contribution in [2.45, 2.75) is 64.7 Å². The van der Waals surface area contributed by atoms with Gasteiger partial charge in [-0.2, -0.15) is 10.2 Å². The molecule has 0 radical (unpaired) electrons. The fourth-order valence-corrected chi connectivity index (χ4v) is 3.40. The monoisotopic (exact) mass is 277 g/mol. The Bertz CT molecular complexity index is 431. The first kappa shape index (κ1) is 15.4. The van der Waals surface area contributed by atoms with Crippen LogP contribution in [-0.4, -0.2) is 27.9 Å². The van der Waals surface area contributed by atoms with Gasteiger partial charge in [0.2, 0.25) is 0 Å². The number of nitrogens with one attached hydrogen (secondary N) is 1. The lowest BCUT2D eigenvalue weighted by atomic mass is 9.79. The third-order valence-electron chi connectivity index (χ3n) is 4.13. The van der Waals surface area contributed by atoms with Crippen molar-refractivity contribution in [1.29, 1.82) is 0 Å². The summed E-state index contributed by atoms with van der Waals surface area (Å²) in [5, 5.41) is 11.6. The first-order chi connectivity index (χ1) is 9.36. The molecular weight excluding hydrogens is 250 g/mol. The largest absolute Gasteiger partial charge is 0.369 e. The zero-order chi connectivity index (χ0) is 14.8. The van der Waals surface area contributed by atoms with Crippen LogP contribution in [0.1, 0.15) is 59.1 Å². The molecule has 1 saturated heterocycles. The Morgan fingerprint density at radius 2 is 2.10 bits per heavy atom. The van der Waals surface area contributed by atoms with E-state index in [1.165, 1.54) is 5.56 Å². The quantitative estimate of drug-likeness (QED) is 0.898. The summed E-state index contributed by atoms with van der Waals surface area (Å²) in [5.41, 5.74) is 0.992. The lowest BCUT2D eigenvalue weighted by Gasteiger charge is -2.33. The highest BCUT2D eigenvalue weighted by Gasteiger charge is 2.49. The van der Waals surface area contributed by atoms with Crippen molar-refractivity contribution in [3.63, 3.8) is 0 Å². The smallest absolute Gasteiger partial charge is 0.0681 e. The average molecular weight is 277 g/mol. The van der Waals surface area contributed by atoms with Gasteiger partial charge in [-0.15, -0.1) is 0 Å². The highest BCUT2D eigenvalue weighted by molar-refractivity contribution is 5.16. The minimum absolute atomic E-state index is 0.0687. The van der Waals surface area contributed by atoms with E-state index in [1.54, 1.807) is 6.20 Å². The maximum Gasteiger partial charge on any atom is 0.0681 e. The van der Waals surface area contributed by atoms with Crippen molar-refractivity contribution in [2.24, 2.45) is 5.92 Å². The highest BCUT2D eigenvalue weighted by atomic mass is 16.5. The van der Waals surface area contributed by atoms with Crippen LogP contribution in [0, 0.1) is 5.92 Å². The van der Waals surface area contributed by atoms with Gasteiger partial charge in [-0.05, 0) is 58.7 Å². The molecule has 2 unspecified atom stereocenters. The second-order valence-electron chi connectivity index (χ2n) is 6.88. The number of hydrogen-bond donors (Lipinski definition) is 1. The first-order valence-electron chi connectivity index (χ1n) is 7.56. The molecular formula is C16H27N3O. The van der Waals surface area contributed by atoms with E-state index in [9.17, 15) is 0 Å². The minimum Gasteiger partial charge on any atom is -0.369 e. The molecule has 1 fully saturated rings. The van der Waals surface area contributed by atoms with E-state index in [0.717, 1.165) is 19.4 Å². The van der Waals surface area contributed by atoms with Crippen LogP contribution >= 0.6 is 0 Å². The van der Waals surface area contributed by atoms with Gasteiger partial charge in [-0.3, -0.25) is 0 Å². The van der Waals surface area contributed by atoms with Crippen molar-refractivity contribution in [2.75, 3.05) is 6.54 Å². The van der Waals surface area contributed by atoms with Crippen LogP contribution in [0.2, 0.25) is 0 Å². The molecule has 4 nitrogen and oxygen atoms in total. The Labute approximate surface area is 122 Å². The van der Waals surface area contributed by atoms with Gasteiger partial charge in [-0.25, -0.2) is 0 Å². The van der Waals surface area contributed by atoms with Gasteiger partial charge in [-0.1, -0.05) is 6.92 Å². The molecule has 112 valence electrons. The van der Waals surface area contributed by atoms with Crippen molar-refractivity contribution in [3.05, 3.63) is 24.0 Å². The summed E-state index contributed by atoms with van der Waals surface area (Å²) >= 11 is 0. The van der Waals surface area contributed by atoms with E-state index in [4.69, 9.17) is 4.74 Å². The van der Waals surface area contributed by atoms with E-state index in [2.05, 4.69) is 56.2 Å². The number of nitrogens with zero attached hydrogens (tertiary/aromatic N) is 2. The lowest BCUT2D eigenvalue weighted by Crippen LogP contribution is -2.38. The average Bonchev–Trinajstić information content (AvgIpc) is 2.59. The Hall–Kier alpha value is -1.00. The second kappa shape index (κ2) is 5.78. The van der Waals surface area contributed by atoms with Gasteiger partial charge >= 0.3 is 0 Å². The van der Waals surface area contributed by atoms with Crippen LogP contribution in [0.4, 0.5) is 0 Å². The predicted octanol–water partition coefficient (Wildman–Crippen LogP) is 3.11. The molecule has 1 aliphatic rings. The van der Waals surface area contributed by atoms with Gasteiger partial charge in [0.25, 0.3) is 0 Å². The molecule has 0 bridgehead atoms. The Morgan fingerprint density at radius 3 is 2.60 bits per heavy atom. The summed E-state index contributed by atoms with van der Waals surface area (Å²) < 4.78 is 6.26. The molecule has 0 aromatic carbocycles. The molecule has 0 spiro atoms. The van der Waals surface area contributed by atoms with E-state index in [0.29, 0.717) is 5.92 Å². The van der Waals surface area contributed by atoms with Crippen molar-refractivity contribution < 1.29 is 4.74 Å². The standard InChI is InChI=1S/C16H27N3O/c1-6-8-17-14(12-7-9-18-19-11-12)13-10-15(2,3)20-16(13,4)5/h7,9,11,13-14,17H,6,8,10H2,1-5H3. The number of aromatic nitrogens is 2. The van der Waals surface area contributed by atoms with E-state index in [1.807, 2.05) is 6.20 Å². The minimum atomic E-state index is -0.141. The molecule has 1 aromatic rings. The first-order valence-corrected chi connectivity index (χ1v) is 7.56. The van der Waals surface area contributed by atoms with Crippen LogP contribution in [0.25, 0.3) is 0 Å². The molecule has 0 aliphatic carbocycles. The topological polar surface area (TPSA) is 47.0 Å². The zero-order valence-corrected chi connectivity index (χ0v) is 13.3. The fourth-order valence-electron chi connectivity index (χ4n) is 3.40. The Kier molecular flexibility index (Phi) is 4.45. The summed E-state index contributed by atoms with van der Waals surface area (Å²) in [6, 6.07) is 2.32. The maximum absolute atomic E-state index is 6.26. The van der Waals surface area contributed by atoms with Gasteiger partial charge in [0, 0.05) is 18.2 Å². The van der Waals surface area contributed by atoms with Crippen LogP contribution < -0.4 is 5.32 Å². The van der Waals surface area contributed by atoms with E-state index >= 15 is 0 Å². The summed E-state index contributed by atoms with van der Waals surface area (Å²) in [5.74, 6) is 0.424. The summed E-state index contributed by atoms with van der Waals surface area (Å²) in [6.07, 6.45) is 5.80. The van der Waals surface area contributed by atoms with Crippen LogP contribution in [0.3, 0.4) is 0 Å². The van der Waals surface area contributed by atoms with Gasteiger partial charge < -0.3 is 10.1 Å². The van der Waals surface area contributed by atoms with Crippen LogP contribution in [0.15, 0.2) is 18.5 Å². The summed E-state index contributed by atoms with van der Waals surface area (Å²) in [6.45, 7) is 11.9. The number of hydrogen-bond acceptors (Lipinski definition) is 4. The van der Waals surface area contributed by atoms with E-state index in [-0.39, 0.29) is 17.2 Å². The Balaban J connectivity index is 2.27. The molecule has 1 aliphatic heterocycles. The maximum atomic E-state index is 6.26. The van der Waals surface area contributed by atoms with Gasteiger partial charge in [0.1, 0.15) is 0 Å². The van der Waals surface area contributed by atoms with Crippen LogP contribution in [-0.2, 0) is 4.74 Å². The normalized spacial score (nSPS) is 25.6. The van der Waals surface area contributed by atoms with Crippen molar-refractivity contribution in [3.8, 4) is 0 Å². The molecule has 0 amide bonds. The molecule has 20 heavy (non-hydrogen) atoms. The molecule has 4 heteroatoms. The van der Waals surface area contributed by atoms with Crippen molar-refractivity contribution in [1.82, 2.24) is 15.5 Å². The van der Waals surface area contributed by atoms with Gasteiger partial charge in [0.05, 0.1) is 17.4 Å². The third kappa shape index (κ3) is 3.36. The molecule has 2 heterocycles. The fraction of sp³-hybridized carbons (Fsp3) is 0.750. The number of rotatable bonds is 5. The third-order valence-corrected chi connectivity index (χ3v) is 4.13. The van der Waals surface area contributed by atoms with Crippen molar-refractivity contribution >= 4 is 0 Å². The molecule has 0 saturated carbocycles. The van der Waals surface area contributed by atoms with Crippen LogP contribution in [0.5, 0.6) is 0 Å². The van der Waals surface area contributed by atoms with Gasteiger partial charge in [0.15, 0.2) is 0 Å². The molecule has 2 atom stereocenters. The number of ether oxygens (including phenoxy) is 1. The second-order valence-corrected chi connectivity index (χ2v) is 6.88. The molecule has 2 rings (SSSR count). The lowest BCUT2D eigenvalue weighted by molar-refractivity contribution is -0.0778. The van der Waals surface area contributed by atoms with E-state index < -0.39 is 0 Å². The summed E-state index contributed by atoms with van der Waals surface area (Å²) in [7, 11) is 0. The summed E-state index contributed by atoms with van der Waals surface area (Å²) in [4.78, 5) is 0. The molecule has 1 aromatic heterocycles. The Morgan fingerprint density at radius 1 is 1.35 bits per heavy atom.